The molecule has 1 amide bonds. The number of nitrogens with one attached hydrogen (secondary N) is 1. The van der Waals surface area contributed by atoms with Crippen LogP contribution in [0.15, 0.2) is 0 Å². The second kappa shape index (κ2) is 5.80. The van der Waals surface area contributed by atoms with Crippen molar-refractivity contribution in [2.75, 3.05) is 40.3 Å². The van der Waals surface area contributed by atoms with Gasteiger partial charge in [-0.3, -0.25) is 9.69 Å². The lowest BCUT2D eigenvalue weighted by Crippen LogP contribution is -2.46. The molecule has 1 unspecified atom stereocenters. The number of carbonyl (C=O) groups excluding carboxylic acids is 1. The lowest BCUT2D eigenvalue weighted by Gasteiger charge is -2.32. The predicted octanol–water partition coefficient (Wildman–Crippen LogP) is 1.17. The summed E-state index contributed by atoms with van der Waals surface area (Å²) in [6, 6.07) is 0.655. The maximum absolute atomic E-state index is 11.7. The van der Waals surface area contributed by atoms with Gasteiger partial charge >= 0.3 is 0 Å². The van der Waals surface area contributed by atoms with Crippen molar-refractivity contribution in [3.8, 4) is 0 Å². The molecule has 1 heterocycles. The van der Waals surface area contributed by atoms with Gasteiger partial charge in [-0.25, -0.2) is 0 Å². The summed E-state index contributed by atoms with van der Waals surface area (Å²) in [7, 11) is 3.65. The molecule has 1 aliphatic carbocycles. The Morgan fingerprint density at radius 3 is 2.37 bits per heavy atom. The summed E-state index contributed by atoms with van der Waals surface area (Å²) in [5.41, 5.74) is 0.575. The molecule has 0 bridgehead atoms. The molecule has 0 aromatic heterocycles. The van der Waals surface area contributed by atoms with Gasteiger partial charge in [0.15, 0.2) is 0 Å². The Kier molecular flexibility index (Phi) is 4.51. The quantitative estimate of drug-likeness (QED) is 0.812. The highest BCUT2D eigenvalue weighted by Gasteiger charge is 2.45. The molecule has 2 fully saturated rings. The van der Waals surface area contributed by atoms with Crippen LogP contribution < -0.4 is 5.32 Å². The van der Waals surface area contributed by atoms with Crippen molar-refractivity contribution in [2.24, 2.45) is 11.3 Å². The minimum absolute atomic E-state index is 0.214. The molecule has 1 aliphatic heterocycles. The average Bonchev–Trinajstić information content (AvgIpc) is 2.96. The van der Waals surface area contributed by atoms with Crippen LogP contribution in [0.5, 0.6) is 0 Å². The van der Waals surface area contributed by atoms with Crippen LogP contribution in [-0.2, 0) is 4.79 Å². The van der Waals surface area contributed by atoms with Gasteiger partial charge in [-0.2, -0.15) is 0 Å². The first-order chi connectivity index (χ1) is 8.88. The minimum Gasteiger partial charge on any atom is -0.348 e. The zero-order chi connectivity index (χ0) is 14.0. The molecule has 0 spiro atoms. The number of carbonyl (C=O) groups is 1. The minimum atomic E-state index is 0.214. The molecule has 0 aromatic carbocycles. The second-order valence-electron chi connectivity index (χ2n) is 7.14. The number of amides is 1. The average molecular weight is 267 g/mol. The fraction of sp³-hybridized carbons (Fsp3) is 0.933. The van der Waals surface area contributed by atoms with Gasteiger partial charge in [-0.15, -0.1) is 0 Å². The van der Waals surface area contributed by atoms with Crippen LogP contribution in [0, 0.1) is 11.3 Å². The van der Waals surface area contributed by atoms with Crippen molar-refractivity contribution in [2.45, 2.75) is 39.2 Å². The van der Waals surface area contributed by atoms with E-state index in [-0.39, 0.29) is 5.91 Å². The van der Waals surface area contributed by atoms with Gasteiger partial charge in [0.05, 0.1) is 6.54 Å². The predicted molar refractivity (Wildman–Crippen MR) is 78.0 cm³/mol. The van der Waals surface area contributed by atoms with Gasteiger partial charge in [-0.05, 0) is 37.1 Å². The van der Waals surface area contributed by atoms with Crippen LogP contribution in [0.4, 0.5) is 0 Å². The molecular weight excluding hydrogens is 238 g/mol. The molecule has 0 radical (unpaired) electrons. The normalized spacial score (nSPS) is 27.3. The molecule has 1 N–H and O–H groups in total. The summed E-state index contributed by atoms with van der Waals surface area (Å²) < 4.78 is 0. The first kappa shape index (κ1) is 14.8. The number of hydrogen-bond donors (Lipinski definition) is 1. The molecule has 19 heavy (non-hydrogen) atoms. The Morgan fingerprint density at radius 2 is 1.89 bits per heavy atom. The molecular formula is C15H29N3O. The fourth-order valence-corrected chi connectivity index (χ4v) is 2.86. The number of hydrogen-bond acceptors (Lipinski definition) is 3. The summed E-state index contributed by atoms with van der Waals surface area (Å²) >= 11 is 0. The Bertz CT molecular complexity index is 319. The summed E-state index contributed by atoms with van der Waals surface area (Å²) in [5.74, 6) is 1.09. The third-order valence-electron chi connectivity index (χ3n) is 4.82. The van der Waals surface area contributed by atoms with E-state index in [1.807, 2.05) is 14.1 Å². The van der Waals surface area contributed by atoms with Gasteiger partial charge < -0.3 is 10.2 Å². The molecule has 2 aliphatic rings. The van der Waals surface area contributed by atoms with Gasteiger partial charge in [0.1, 0.15) is 0 Å². The summed E-state index contributed by atoms with van der Waals surface area (Å²) in [6.07, 6.45) is 3.72. The largest absolute Gasteiger partial charge is 0.348 e. The summed E-state index contributed by atoms with van der Waals surface area (Å²) in [5, 5.41) is 3.71. The molecule has 1 saturated carbocycles. The first-order valence-electron chi connectivity index (χ1n) is 7.54. The van der Waals surface area contributed by atoms with Gasteiger partial charge in [0.2, 0.25) is 5.91 Å². The Morgan fingerprint density at radius 1 is 1.32 bits per heavy atom. The van der Waals surface area contributed by atoms with E-state index in [1.54, 1.807) is 4.90 Å². The van der Waals surface area contributed by atoms with Crippen molar-refractivity contribution in [1.29, 1.82) is 0 Å². The zero-order valence-corrected chi connectivity index (χ0v) is 12.9. The first-order valence-corrected chi connectivity index (χ1v) is 7.54. The number of piperidine rings is 1. The number of nitrogens with zero attached hydrogens (tertiary/aromatic N) is 2. The second-order valence-corrected chi connectivity index (χ2v) is 7.14. The smallest absolute Gasteiger partial charge is 0.236 e. The van der Waals surface area contributed by atoms with Crippen LogP contribution in [-0.4, -0.2) is 62.0 Å². The topological polar surface area (TPSA) is 35.6 Å². The Labute approximate surface area is 117 Å². The maximum atomic E-state index is 11.7. The molecule has 1 atom stereocenters. The monoisotopic (exact) mass is 267 g/mol. The number of rotatable bonds is 5. The zero-order valence-electron chi connectivity index (χ0n) is 12.9. The van der Waals surface area contributed by atoms with E-state index in [2.05, 4.69) is 24.1 Å². The number of likely N-dealkylation sites (N-methyl/N-ethyl adjacent to an activating group) is 1. The van der Waals surface area contributed by atoms with Crippen molar-refractivity contribution in [3.63, 3.8) is 0 Å². The molecule has 4 nitrogen and oxygen atoms in total. The van der Waals surface area contributed by atoms with E-state index in [0.29, 0.717) is 18.0 Å². The molecule has 4 heteroatoms. The maximum Gasteiger partial charge on any atom is 0.236 e. The lowest BCUT2D eigenvalue weighted by molar-refractivity contribution is -0.130. The van der Waals surface area contributed by atoms with Gasteiger partial charge in [0, 0.05) is 33.2 Å². The number of likely N-dealkylation sites (tertiary alicyclic amines) is 1. The highest BCUT2D eigenvalue weighted by Crippen LogP contribution is 2.51. The summed E-state index contributed by atoms with van der Waals surface area (Å²) in [4.78, 5) is 15.6. The Hall–Kier alpha value is -0.610. The third kappa shape index (κ3) is 4.18. The van der Waals surface area contributed by atoms with E-state index in [0.717, 1.165) is 19.0 Å². The van der Waals surface area contributed by atoms with Crippen molar-refractivity contribution >= 4 is 5.91 Å². The van der Waals surface area contributed by atoms with Crippen LogP contribution in [0.2, 0.25) is 0 Å². The van der Waals surface area contributed by atoms with Crippen LogP contribution in [0.3, 0.4) is 0 Å². The van der Waals surface area contributed by atoms with E-state index >= 15 is 0 Å². The van der Waals surface area contributed by atoms with Crippen molar-refractivity contribution in [1.82, 2.24) is 15.1 Å². The van der Waals surface area contributed by atoms with E-state index in [4.69, 9.17) is 0 Å². The molecule has 0 aromatic rings. The van der Waals surface area contributed by atoms with E-state index < -0.39 is 0 Å². The van der Waals surface area contributed by atoms with E-state index in [1.165, 1.54) is 25.8 Å². The van der Waals surface area contributed by atoms with Crippen LogP contribution >= 0.6 is 0 Å². The van der Waals surface area contributed by atoms with Crippen LogP contribution in [0.25, 0.3) is 0 Å². The van der Waals surface area contributed by atoms with Gasteiger partial charge in [0.25, 0.3) is 0 Å². The highest BCUT2D eigenvalue weighted by atomic mass is 16.2. The summed E-state index contributed by atoms with van der Waals surface area (Å²) in [6.45, 7) is 8.56. The third-order valence-corrected chi connectivity index (χ3v) is 4.82. The molecule has 2 rings (SSSR count). The van der Waals surface area contributed by atoms with Crippen LogP contribution in [0.1, 0.15) is 33.1 Å². The fourth-order valence-electron chi connectivity index (χ4n) is 2.86. The lowest BCUT2D eigenvalue weighted by atomic mass is 10.0. The SMILES string of the molecule is CN(C)C(=O)CN1CCC(NCC2CC2(C)C)CC1. The molecule has 1 saturated heterocycles. The van der Waals surface area contributed by atoms with Crippen molar-refractivity contribution < 1.29 is 4.79 Å². The van der Waals surface area contributed by atoms with Crippen molar-refractivity contribution in [3.05, 3.63) is 0 Å². The Balaban J connectivity index is 1.61. The highest BCUT2D eigenvalue weighted by molar-refractivity contribution is 5.77. The standard InChI is InChI=1S/C15H29N3O/c1-15(2)9-12(15)10-16-13-5-7-18(8-6-13)11-14(19)17(3)4/h12-13,16H,5-11H2,1-4H3. The van der Waals surface area contributed by atoms with Gasteiger partial charge in [-0.1, -0.05) is 13.8 Å². The molecule has 110 valence electrons. The van der Waals surface area contributed by atoms with E-state index in [9.17, 15) is 4.79 Å².